The van der Waals surface area contributed by atoms with Crippen LogP contribution in [-0.4, -0.2) is 117 Å². The van der Waals surface area contributed by atoms with E-state index < -0.39 is 15.6 Å². The smallest absolute Gasteiger partial charge is 0.822 e. The SMILES string of the molecule is O=P([O-])([O-])[O-].O=P([O-])([O-])[O-].[Ba+2].[Mg+2].[Sr+2]. The van der Waals surface area contributed by atoms with E-state index in [4.69, 9.17) is 38.5 Å². The van der Waals surface area contributed by atoms with E-state index in [0.29, 0.717) is 0 Å². The van der Waals surface area contributed by atoms with E-state index >= 15 is 0 Å². The molecule has 0 aliphatic rings. The van der Waals surface area contributed by atoms with Gasteiger partial charge >= 0.3 is 117 Å². The van der Waals surface area contributed by atoms with Crippen molar-refractivity contribution in [3.8, 4) is 0 Å². The topological polar surface area (TPSA) is 172 Å². The van der Waals surface area contributed by atoms with Gasteiger partial charge in [-0.25, -0.2) is 0 Å². The van der Waals surface area contributed by atoms with Gasteiger partial charge in [-0.3, -0.25) is 0 Å². The number of phosphoric acid groups is 2. The molecular formula is BaMgO8P2Sr. The average Bonchev–Trinajstić information content (AvgIpc) is 1.12. The molecule has 0 fully saturated rings. The van der Waals surface area contributed by atoms with Gasteiger partial charge in [0, 0.05) is 0 Å². The van der Waals surface area contributed by atoms with E-state index in [1.807, 2.05) is 0 Å². The van der Waals surface area contributed by atoms with Crippen molar-refractivity contribution >= 4 is 133 Å². The summed E-state index contributed by atoms with van der Waals surface area (Å²) >= 11 is 0. The predicted octanol–water partition coefficient (Wildman–Crippen LogP) is -6.79. The van der Waals surface area contributed by atoms with Crippen molar-refractivity contribution < 1.29 is 38.5 Å². The first-order valence-corrected chi connectivity index (χ1v) is 4.38. The van der Waals surface area contributed by atoms with Crippen molar-refractivity contribution in [3.63, 3.8) is 0 Å². The second kappa shape index (κ2) is 14.1. The third-order valence-electron chi connectivity index (χ3n) is 0. The van der Waals surface area contributed by atoms with E-state index in [1.54, 1.807) is 0 Å². The standard InChI is InChI=1S/Ba.Mg.2H3O4P.Sr/c;;2*1-5(2,3)4;/h;;2*(H3,1,2,3,4);/q2*+2;;;+2/p-6. The van der Waals surface area contributed by atoms with Crippen molar-refractivity contribution in [3.05, 3.63) is 0 Å². The molecule has 0 atom stereocenters. The van der Waals surface area contributed by atoms with Gasteiger partial charge in [-0.1, -0.05) is 0 Å². The molecule has 0 aromatic rings. The zero-order chi connectivity index (χ0) is 9.00. The van der Waals surface area contributed by atoms with E-state index in [0.717, 1.165) is 0 Å². The molecule has 13 heteroatoms. The van der Waals surface area contributed by atoms with Crippen LogP contribution in [0.15, 0.2) is 0 Å². The predicted molar refractivity (Wildman–Crippen MR) is 32.5 cm³/mol. The fourth-order valence-electron chi connectivity index (χ4n) is 0. The number of rotatable bonds is 0. The molecule has 0 heterocycles. The summed E-state index contributed by atoms with van der Waals surface area (Å²) in [5.74, 6) is 0. The maximum Gasteiger partial charge on any atom is 2.00 e. The van der Waals surface area contributed by atoms with Gasteiger partial charge in [0.2, 0.25) is 0 Å². The molecule has 0 saturated carbocycles. The maximum absolute atomic E-state index is 8.55. The van der Waals surface area contributed by atoms with Gasteiger partial charge in [-0.05, 0) is 0 Å². The molecule has 0 saturated heterocycles. The van der Waals surface area contributed by atoms with Crippen molar-refractivity contribution in [2.45, 2.75) is 0 Å². The van der Waals surface area contributed by atoms with Crippen LogP contribution in [0.5, 0.6) is 0 Å². The van der Waals surface area contributed by atoms with Crippen LogP contribution in [0.4, 0.5) is 0 Å². The van der Waals surface area contributed by atoms with Crippen molar-refractivity contribution in [1.29, 1.82) is 0 Å². The summed E-state index contributed by atoms with van der Waals surface area (Å²) in [4.78, 5) is 51.3. The summed E-state index contributed by atoms with van der Waals surface area (Å²) in [5.41, 5.74) is 0. The Kier molecular flexibility index (Phi) is 32.8. The molecule has 0 amide bonds. The van der Waals surface area contributed by atoms with Gasteiger partial charge in [0.15, 0.2) is 0 Å². The molecule has 0 aromatic carbocycles. The Balaban J connectivity index is -0.0000000267. The van der Waals surface area contributed by atoms with Crippen LogP contribution in [-0.2, 0) is 9.13 Å². The quantitative estimate of drug-likeness (QED) is 0.265. The zero-order valence-corrected chi connectivity index (χ0v) is 17.4. The van der Waals surface area contributed by atoms with Crippen molar-refractivity contribution in [1.82, 2.24) is 0 Å². The summed E-state index contributed by atoms with van der Waals surface area (Å²) in [6, 6.07) is 0. The molecule has 0 aliphatic heterocycles. The molecule has 0 bridgehead atoms. The van der Waals surface area contributed by atoms with Crippen LogP contribution in [0, 0.1) is 0 Å². The minimum absolute atomic E-state index is 0. The monoisotopic (exact) mass is 440 g/mol. The largest absolute Gasteiger partial charge is 2.00 e. The van der Waals surface area contributed by atoms with E-state index in [9.17, 15) is 0 Å². The molecule has 13 heavy (non-hydrogen) atoms. The average molecular weight is 439 g/mol. The Labute approximate surface area is 167 Å². The normalized spacial score (nSPS) is 9.08. The Morgan fingerprint density at radius 2 is 0.692 bits per heavy atom. The summed E-state index contributed by atoms with van der Waals surface area (Å²) in [6.07, 6.45) is 0. The fourth-order valence-corrected chi connectivity index (χ4v) is 0. The molecule has 64 valence electrons. The summed E-state index contributed by atoms with van der Waals surface area (Å²) in [6.45, 7) is 0. The van der Waals surface area contributed by atoms with Crippen LogP contribution in [0.2, 0.25) is 0 Å². The third kappa shape index (κ3) is 194. The first-order valence-electron chi connectivity index (χ1n) is 1.46. The van der Waals surface area contributed by atoms with E-state index in [1.165, 1.54) is 0 Å². The molecule has 0 unspecified atom stereocenters. The van der Waals surface area contributed by atoms with Crippen LogP contribution in [0.3, 0.4) is 0 Å². The van der Waals surface area contributed by atoms with Gasteiger partial charge in [-0.15, -0.1) is 0 Å². The Bertz CT molecular complexity index is 134. The minimum atomic E-state index is -5.39. The zero-order valence-electron chi connectivity index (χ0n) is 6.28. The molecule has 0 aromatic heterocycles. The van der Waals surface area contributed by atoms with E-state index in [2.05, 4.69) is 0 Å². The van der Waals surface area contributed by atoms with Gasteiger partial charge in [0.25, 0.3) is 0 Å². The third-order valence-corrected chi connectivity index (χ3v) is 0. The van der Waals surface area contributed by atoms with Gasteiger partial charge in [0.05, 0.1) is 0 Å². The molecule has 0 rings (SSSR count). The van der Waals surface area contributed by atoms with Crippen LogP contribution < -0.4 is 29.4 Å². The molecule has 0 spiro atoms. The molecule has 8 nitrogen and oxygen atoms in total. The maximum atomic E-state index is 8.55. The van der Waals surface area contributed by atoms with Crippen LogP contribution >= 0.6 is 15.6 Å². The van der Waals surface area contributed by atoms with Crippen LogP contribution in [0.1, 0.15) is 0 Å². The molecule has 0 aliphatic carbocycles. The van der Waals surface area contributed by atoms with Crippen molar-refractivity contribution in [2.75, 3.05) is 0 Å². The number of hydrogen-bond donors (Lipinski definition) is 0. The van der Waals surface area contributed by atoms with E-state index in [-0.39, 0.29) is 117 Å². The fraction of sp³-hybridized carbons (Fsp3) is 0. The van der Waals surface area contributed by atoms with Gasteiger partial charge in [-0.2, -0.15) is 15.6 Å². The first kappa shape index (κ1) is 30.2. The number of hydrogen-bond acceptors (Lipinski definition) is 8. The Morgan fingerprint density at radius 3 is 0.692 bits per heavy atom. The van der Waals surface area contributed by atoms with Gasteiger partial charge < -0.3 is 38.5 Å². The first-order chi connectivity index (χ1) is 4.00. The second-order valence-electron chi connectivity index (χ2n) is 0.894. The second-order valence-corrected chi connectivity index (χ2v) is 2.68. The molecular weight excluding hydrogens is 439 g/mol. The van der Waals surface area contributed by atoms with Crippen molar-refractivity contribution in [2.24, 2.45) is 0 Å². The summed E-state index contributed by atoms with van der Waals surface area (Å²) in [7, 11) is -10.8. The molecule has 0 N–H and O–H groups in total. The Hall–Kier alpha value is 4.04. The Morgan fingerprint density at radius 1 is 0.692 bits per heavy atom. The summed E-state index contributed by atoms with van der Waals surface area (Å²) in [5, 5.41) is 0. The van der Waals surface area contributed by atoms with Crippen LogP contribution in [0.25, 0.3) is 0 Å². The van der Waals surface area contributed by atoms with Gasteiger partial charge in [0.1, 0.15) is 0 Å². The summed E-state index contributed by atoms with van der Waals surface area (Å²) < 4.78 is 17.1. The minimum Gasteiger partial charge on any atom is -0.822 e. The molecule has 0 radical (unpaired) electrons.